The van der Waals surface area contributed by atoms with Crippen LogP contribution in [0.5, 0.6) is 0 Å². The lowest BCUT2D eigenvalue weighted by molar-refractivity contribution is 0.0474. The number of nitrogens with zero attached hydrogens (tertiary/aromatic N) is 2. The Labute approximate surface area is 164 Å². The lowest BCUT2D eigenvalue weighted by Crippen LogP contribution is -2.36. The molecule has 148 valence electrons. The number of esters is 1. The van der Waals surface area contributed by atoms with Crippen molar-refractivity contribution in [3.8, 4) is 5.69 Å². The fourth-order valence-corrected chi connectivity index (χ4v) is 3.12. The maximum Gasteiger partial charge on any atom is 0.338 e. The SMILES string of the molecule is Nc1c(C(=O)COC(=O)c2cccc(-n3cccc3)c2)c(=O)[nH]c(=O)n1C1CC1. The Hall–Kier alpha value is -3.88. The number of carbonyl (C=O) groups excluding carboxylic acids is 2. The molecule has 1 aliphatic rings. The maximum absolute atomic E-state index is 12.5. The summed E-state index contributed by atoms with van der Waals surface area (Å²) in [5.74, 6) is -1.68. The zero-order chi connectivity index (χ0) is 20.5. The highest BCUT2D eigenvalue weighted by molar-refractivity contribution is 6.02. The Kier molecular flexibility index (Phi) is 4.63. The molecule has 0 saturated heterocycles. The van der Waals surface area contributed by atoms with E-state index in [-0.39, 0.29) is 23.0 Å². The molecule has 29 heavy (non-hydrogen) atoms. The molecule has 2 aromatic heterocycles. The van der Waals surface area contributed by atoms with Crippen LogP contribution in [0.2, 0.25) is 0 Å². The van der Waals surface area contributed by atoms with E-state index in [1.807, 2.05) is 35.2 Å². The van der Waals surface area contributed by atoms with Crippen molar-refractivity contribution in [2.45, 2.75) is 18.9 Å². The fourth-order valence-electron chi connectivity index (χ4n) is 3.12. The van der Waals surface area contributed by atoms with E-state index >= 15 is 0 Å². The standard InChI is InChI=1S/C20H18N4O5/c21-17-16(18(26)22-20(28)24(17)13-6-7-13)15(25)11-29-19(27)12-4-3-5-14(10-12)23-8-1-2-9-23/h1-5,8-10,13H,6-7,11,21H2,(H,22,26,28). The predicted octanol–water partition coefficient (Wildman–Crippen LogP) is 1.28. The third kappa shape index (κ3) is 3.62. The van der Waals surface area contributed by atoms with E-state index in [1.54, 1.807) is 18.2 Å². The first-order valence-electron chi connectivity index (χ1n) is 9.03. The summed E-state index contributed by atoms with van der Waals surface area (Å²) in [6, 6.07) is 10.3. The number of hydrogen-bond acceptors (Lipinski definition) is 6. The lowest BCUT2D eigenvalue weighted by Gasteiger charge is -2.11. The first-order valence-corrected chi connectivity index (χ1v) is 9.03. The van der Waals surface area contributed by atoms with Crippen LogP contribution < -0.4 is 17.0 Å². The Balaban J connectivity index is 1.51. The molecule has 9 nitrogen and oxygen atoms in total. The summed E-state index contributed by atoms with van der Waals surface area (Å²) < 4.78 is 8.11. The van der Waals surface area contributed by atoms with Crippen molar-refractivity contribution < 1.29 is 14.3 Å². The smallest absolute Gasteiger partial charge is 0.338 e. The molecule has 1 fully saturated rings. The van der Waals surface area contributed by atoms with Crippen LogP contribution in [-0.2, 0) is 4.74 Å². The molecule has 2 heterocycles. The van der Waals surface area contributed by atoms with Gasteiger partial charge in [0.15, 0.2) is 6.61 Å². The quantitative estimate of drug-likeness (QED) is 0.479. The molecule has 1 saturated carbocycles. The molecule has 1 aromatic carbocycles. The van der Waals surface area contributed by atoms with E-state index in [2.05, 4.69) is 4.98 Å². The second-order valence-corrected chi connectivity index (χ2v) is 6.76. The maximum atomic E-state index is 12.5. The highest BCUT2D eigenvalue weighted by Crippen LogP contribution is 2.35. The van der Waals surface area contributed by atoms with E-state index in [9.17, 15) is 19.2 Å². The van der Waals surface area contributed by atoms with Crippen molar-refractivity contribution >= 4 is 17.6 Å². The average molecular weight is 394 g/mol. The zero-order valence-corrected chi connectivity index (χ0v) is 15.3. The van der Waals surface area contributed by atoms with Crippen molar-refractivity contribution in [3.63, 3.8) is 0 Å². The van der Waals surface area contributed by atoms with Crippen molar-refractivity contribution in [1.29, 1.82) is 0 Å². The Bertz CT molecular complexity index is 1200. The summed E-state index contributed by atoms with van der Waals surface area (Å²) in [4.78, 5) is 50.9. The van der Waals surface area contributed by atoms with E-state index in [1.165, 1.54) is 4.57 Å². The Morgan fingerprint density at radius 2 is 1.86 bits per heavy atom. The number of hydrogen-bond donors (Lipinski definition) is 2. The molecule has 0 atom stereocenters. The first kappa shape index (κ1) is 18.5. The first-order chi connectivity index (χ1) is 14.0. The minimum absolute atomic E-state index is 0.120. The highest BCUT2D eigenvalue weighted by atomic mass is 16.5. The van der Waals surface area contributed by atoms with Gasteiger partial charge in [-0.25, -0.2) is 9.59 Å². The van der Waals surface area contributed by atoms with Gasteiger partial charge in [-0.15, -0.1) is 0 Å². The number of rotatable bonds is 6. The second-order valence-electron chi connectivity index (χ2n) is 6.76. The summed E-state index contributed by atoms with van der Waals surface area (Å²) in [5, 5.41) is 0. The number of benzene rings is 1. The van der Waals surface area contributed by atoms with Gasteiger partial charge in [0.05, 0.1) is 5.56 Å². The Morgan fingerprint density at radius 1 is 1.14 bits per heavy atom. The van der Waals surface area contributed by atoms with Crippen molar-refractivity contribution in [1.82, 2.24) is 14.1 Å². The van der Waals surface area contributed by atoms with Crippen LogP contribution in [0.25, 0.3) is 5.69 Å². The van der Waals surface area contributed by atoms with Crippen molar-refractivity contribution in [2.75, 3.05) is 12.3 Å². The Morgan fingerprint density at radius 3 is 2.55 bits per heavy atom. The van der Waals surface area contributed by atoms with Gasteiger partial charge in [-0.3, -0.25) is 19.1 Å². The van der Waals surface area contributed by atoms with Crippen LogP contribution in [0.3, 0.4) is 0 Å². The minimum atomic E-state index is -0.889. The van der Waals surface area contributed by atoms with Crippen LogP contribution in [0.4, 0.5) is 5.82 Å². The third-order valence-corrected chi connectivity index (χ3v) is 4.69. The van der Waals surface area contributed by atoms with Crippen LogP contribution in [0.15, 0.2) is 58.4 Å². The number of H-pyrrole nitrogens is 1. The van der Waals surface area contributed by atoms with Gasteiger partial charge in [0.1, 0.15) is 11.4 Å². The molecule has 0 bridgehead atoms. The molecule has 0 unspecified atom stereocenters. The molecule has 0 aliphatic heterocycles. The largest absolute Gasteiger partial charge is 0.454 e. The monoisotopic (exact) mass is 394 g/mol. The molecule has 3 aromatic rings. The molecule has 3 N–H and O–H groups in total. The topological polar surface area (TPSA) is 129 Å². The number of nitrogen functional groups attached to an aromatic ring is 1. The van der Waals surface area contributed by atoms with Gasteiger partial charge in [0.25, 0.3) is 5.56 Å². The number of ketones is 1. The van der Waals surface area contributed by atoms with Crippen LogP contribution in [0.1, 0.15) is 39.6 Å². The van der Waals surface area contributed by atoms with Gasteiger partial charge in [-0.1, -0.05) is 6.07 Å². The molecule has 9 heteroatoms. The molecule has 1 aliphatic carbocycles. The van der Waals surface area contributed by atoms with E-state index in [4.69, 9.17) is 10.5 Å². The average Bonchev–Trinajstić information content (AvgIpc) is 3.37. The fraction of sp³-hybridized carbons (Fsp3) is 0.200. The second kappa shape index (κ2) is 7.27. The van der Waals surface area contributed by atoms with E-state index in [0.717, 1.165) is 18.5 Å². The molecular weight excluding hydrogens is 376 g/mol. The van der Waals surface area contributed by atoms with Crippen LogP contribution in [-0.4, -0.2) is 32.5 Å². The number of ether oxygens (including phenoxy) is 1. The molecule has 4 rings (SSSR count). The highest BCUT2D eigenvalue weighted by Gasteiger charge is 2.30. The number of carbonyl (C=O) groups is 2. The summed E-state index contributed by atoms with van der Waals surface area (Å²) in [5.41, 5.74) is 5.01. The summed E-state index contributed by atoms with van der Waals surface area (Å²) in [6.45, 7) is -0.664. The number of aromatic nitrogens is 3. The predicted molar refractivity (Wildman–Crippen MR) is 104 cm³/mol. The van der Waals surface area contributed by atoms with Gasteiger partial charge in [-0.2, -0.15) is 0 Å². The van der Waals surface area contributed by atoms with Gasteiger partial charge in [0.2, 0.25) is 5.78 Å². The number of nitrogens with two attached hydrogens (primary N) is 1. The van der Waals surface area contributed by atoms with Gasteiger partial charge >= 0.3 is 11.7 Å². The van der Waals surface area contributed by atoms with Crippen molar-refractivity contribution in [2.24, 2.45) is 0 Å². The van der Waals surface area contributed by atoms with Gasteiger partial charge in [0, 0.05) is 24.1 Å². The summed E-state index contributed by atoms with van der Waals surface area (Å²) in [7, 11) is 0. The normalized spacial score (nSPS) is 13.2. The zero-order valence-electron chi connectivity index (χ0n) is 15.3. The van der Waals surface area contributed by atoms with E-state index < -0.39 is 29.6 Å². The van der Waals surface area contributed by atoms with Crippen LogP contribution in [0, 0.1) is 0 Å². The summed E-state index contributed by atoms with van der Waals surface area (Å²) in [6.07, 6.45) is 5.16. The summed E-state index contributed by atoms with van der Waals surface area (Å²) >= 11 is 0. The minimum Gasteiger partial charge on any atom is -0.454 e. The van der Waals surface area contributed by atoms with E-state index in [0.29, 0.717) is 0 Å². The third-order valence-electron chi connectivity index (χ3n) is 4.69. The lowest BCUT2D eigenvalue weighted by atomic mass is 10.2. The van der Waals surface area contributed by atoms with Gasteiger partial charge in [-0.05, 0) is 43.2 Å². The molecular formula is C20H18N4O5. The molecule has 0 amide bonds. The van der Waals surface area contributed by atoms with Crippen LogP contribution >= 0.6 is 0 Å². The van der Waals surface area contributed by atoms with Crippen molar-refractivity contribution in [3.05, 3.63) is 80.8 Å². The number of anilines is 1. The number of Topliss-reactive ketones (excluding diaryl/α,β-unsaturated/α-hetero) is 1. The number of aromatic amines is 1. The molecule has 0 radical (unpaired) electrons. The van der Waals surface area contributed by atoms with Gasteiger partial charge < -0.3 is 15.0 Å². The number of nitrogens with one attached hydrogen (secondary N) is 1. The molecule has 0 spiro atoms.